The Morgan fingerprint density at radius 2 is 2.24 bits per heavy atom. The lowest BCUT2D eigenvalue weighted by atomic mass is 9.90. The molecule has 4 heteroatoms. The lowest BCUT2D eigenvalue weighted by Gasteiger charge is -2.43. The van der Waals surface area contributed by atoms with Crippen LogP contribution in [0.3, 0.4) is 0 Å². The number of carbonyl (C=O) groups is 1. The number of methoxy groups -OCH3 is 1. The zero-order valence-electron chi connectivity index (χ0n) is 10.7. The molecule has 0 amide bonds. The third kappa shape index (κ3) is 3.42. The van der Waals surface area contributed by atoms with E-state index in [-0.39, 0.29) is 5.97 Å². The minimum atomic E-state index is -0.0987. The predicted molar refractivity (Wildman–Crippen MR) is 64.8 cm³/mol. The van der Waals surface area contributed by atoms with Crippen LogP contribution in [0.5, 0.6) is 0 Å². The van der Waals surface area contributed by atoms with Crippen LogP contribution in [-0.2, 0) is 14.3 Å². The molecule has 2 rings (SSSR count). The first kappa shape index (κ1) is 12.8. The van der Waals surface area contributed by atoms with Crippen LogP contribution in [0.4, 0.5) is 0 Å². The number of fused-ring (bicyclic) bond motifs is 1. The maximum absolute atomic E-state index is 11.1. The van der Waals surface area contributed by atoms with Gasteiger partial charge in [-0.25, -0.2) is 0 Å². The van der Waals surface area contributed by atoms with Crippen molar-refractivity contribution in [3.8, 4) is 0 Å². The van der Waals surface area contributed by atoms with Gasteiger partial charge in [0.1, 0.15) is 0 Å². The number of esters is 1. The number of hydrogen-bond donors (Lipinski definition) is 0. The highest BCUT2D eigenvalue weighted by Gasteiger charge is 2.33. The van der Waals surface area contributed by atoms with E-state index in [1.54, 1.807) is 0 Å². The minimum absolute atomic E-state index is 0.0987. The zero-order chi connectivity index (χ0) is 12.1. The quantitative estimate of drug-likeness (QED) is 0.701. The maximum atomic E-state index is 11.1. The third-order valence-electron chi connectivity index (χ3n) is 3.90. The van der Waals surface area contributed by atoms with E-state index in [9.17, 15) is 4.79 Å². The van der Waals surface area contributed by atoms with Crippen molar-refractivity contribution in [2.75, 3.05) is 26.8 Å². The lowest BCUT2D eigenvalue weighted by molar-refractivity contribution is -0.141. The highest BCUT2D eigenvalue weighted by molar-refractivity contribution is 5.69. The van der Waals surface area contributed by atoms with Crippen molar-refractivity contribution in [3.05, 3.63) is 0 Å². The fourth-order valence-electron chi connectivity index (χ4n) is 2.98. The summed E-state index contributed by atoms with van der Waals surface area (Å²) in [6.45, 7) is 2.86. The van der Waals surface area contributed by atoms with Gasteiger partial charge in [0.2, 0.25) is 0 Å². The Balaban J connectivity index is 1.76. The molecular weight excluding hydrogens is 218 g/mol. The molecule has 17 heavy (non-hydrogen) atoms. The molecule has 1 saturated heterocycles. The van der Waals surface area contributed by atoms with Crippen LogP contribution in [0.25, 0.3) is 0 Å². The van der Waals surface area contributed by atoms with Gasteiger partial charge in [-0.15, -0.1) is 0 Å². The van der Waals surface area contributed by atoms with Gasteiger partial charge in [-0.2, -0.15) is 0 Å². The molecule has 0 unspecified atom stereocenters. The normalized spacial score (nSPS) is 29.7. The third-order valence-corrected chi connectivity index (χ3v) is 3.90. The molecule has 98 valence electrons. The van der Waals surface area contributed by atoms with Gasteiger partial charge in [-0.3, -0.25) is 9.69 Å². The Morgan fingerprint density at radius 1 is 1.41 bits per heavy atom. The molecule has 0 spiro atoms. The molecule has 2 aliphatic rings. The topological polar surface area (TPSA) is 38.8 Å². The largest absolute Gasteiger partial charge is 0.469 e. The molecule has 1 saturated carbocycles. The van der Waals surface area contributed by atoms with Crippen LogP contribution < -0.4 is 0 Å². The molecule has 0 aromatic carbocycles. The van der Waals surface area contributed by atoms with Crippen molar-refractivity contribution in [1.82, 2.24) is 4.90 Å². The van der Waals surface area contributed by atoms with E-state index in [0.717, 1.165) is 26.1 Å². The van der Waals surface area contributed by atoms with Gasteiger partial charge in [0.05, 0.1) is 19.8 Å². The first-order valence-electron chi connectivity index (χ1n) is 6.73. The van der Waals surface area contributed by atoms with Crippen LogP contribution in [-0.4, -0.2) is 49.8 Å². The highest BCUT2D eigenvalue weighted by Crippen LogP contribution is 2.28. The Kier molecular flexibility index (Phi) is 4.80. The summed E-state index contributed by atoms with van der Waals surface area (Å²) in [4.78, 5) is 13.6. The minimum Gasteiger partial charge on any atom is -0.469 e. The second kappa shape index (κ2) is 6.36. The molecule has 2 fully saturated rings. The van der Waals surface area contributed by atoms with E-state index in [1.807, 2.05) is 0 Å². The summed E-state index contributed by atoms with van der Waals surface area (Å²) in [7, 11) is 1.45. The van der Waals surface area contributed by atoms with Crippen molar-refractivity contribution in [2.45, 2.75) is 50.7 Å². The van der Waals surface area contributed by atoms with Gasteiger partial charge in [0, 0.05) is 19.0 Å². The number of carbonyl (C=O) groups excluding carboxylic acids is 1. The molecule has 0 radical (unpaired) electrons. The Hall–Kier alpha value is -0.610. The van der Waals surface area contributed by atoms with E-state index < -0.39 is 0 Å². The van der Waals surface area contributed by atoms with Gasteiger partial charge in [-0.05, 0) is 25.8 Å². The Labute approximate surface area is 103 Å². The predicted octanol–water partition coefficient (Wildman–Crippen LogP) is 1.58. The molecule has 0 N–H and O–H groups in total. The van der Waals surface area contributed by atoms with Crippen molar-refractivity contribution in [3.63, 3.8) is 0 Å². The Bertz CT molecular complexity index is 255. The number of rotatable bonds is 4. The van der Waals surface area contributed by atoms with Gasteiger partial charge < -0.3 is 9.47 Å². The van der Waals surface area contributed by atoms with Gasteiger partial charge in [0.25, 0.3) is 0 Å². The summed E-state index contributed by atoms with van der Waals surface area (Å²) in [6, 6.07) is 0.593. The summed E-state index contributed by atoms with van der Waals surface area (Å²) in [5.41, 5.74) is 0. The lowest BCUT2D eigenvalue weighted by Crippen LogP contribution is -2.52. The van der Waals surface area contributed by atoms with Crippen molar-refractivity contribution in [2.24, 2.45) is 0 Å². The second-order valence-electron chi connectivity index (χ2n) is 4.98. The summed E-state index contributed by atoms with van der Waals surface area (Å²) >= 11 is 0. The van der Waals surface area contributed by atoms with E-state index in [4.69, 9.17) is 4.74 Å². The van der Waals surface area contributed by atoms with E-state index >= 15 is 0 Å². The first-order chi connectivity index (χ1) is 8.31. The number of morpholine rings is 1. The van der Waals surface area contributed by atoms with Crippen LogP contribution in [0.2, 0.25) is 0 Å². The standard InChI is InChI=1S/C13H23NO3/c1-16-13(15)7-4-8-14-9-10-17-12-6-3-2-5-11(12)14/h11-12H,2-10H2,1H3/t11-,12-/m1/s1. The van der Waals surface area contributed by atoms with Crippen LogP contribution in [0.1, 0.15) is 38.5 Å². The Morgan fingerprint density at radius 3 is 3.06 bits per heavy atom. The molecule has 1 aliphatic heterocycles. The summed E-state index contributed by atoms with van der Waals surface area (Å²) in [5.74, 6) is -0.0987. The summed E-state index contributed by atoms with van der Waals surface area (Å²) < 4.78 is 10.5. The van der Waals surface area contributed by atoms with Gasteiger partial charge in [-0.1, -0.05) is 12.8 Å². The molecular formula is C13H23NO3. The highest BCUT2D eigenvalue weighted by atomic mass is 16.5. The molecule has 0 aromatic heterocycles. The molecule has 1 heterocycles. The average Bonchev–Trinajstić information content (AvgIpc) is 2.39. The summed E-state index contributed by atoms with van der Waals surface area (Å²) in [5, 5.41) is 0. The van der Waals surface area contributed by atoms with Crippen LogP contribution in [0, 0.1) is 0 Å². The molecule has 0 aromatic rings. The van der Waals surface area contributed by atoms with Gasteiger partial charge >= 0.3 is 5.97 Å². The monoisotopic (exact) mass is 241 g/mol. The number of nitrogens with zero attached hydrogens (tertiary/aromatic N) is 1. The SMILES string of the molecule is COC(=O)CCCN1CCO[C@@H]2CCCC[C@H]21. The van der Waals surface area contributed by atoms with Crippen LogP contribution in [0.15, 0.2) is 0 Å². The van der Waals surface area contributed by atoms with E-state index in [1.165, 1.54) is 32.8 Å². The smallest absolute Gasteiger partial charge is 0.305 e. The number of hydrogen-bond acceptors (Lipinski definition) is 4. The molecule has 4 nitrogen and oxygen atoms in total. The maximum Gasteiger partial charge on any atom is 0.305 e. The molecule has 1 aliphatic carbocycles. The van der Waals surface area contributed by atoms with Crippen LogP contribution >= 0.6 is 0 Å². The average molecular weight is 241 g/mol. The summed E-state index contributed by atoms with van der Waals surface area (Å²) in [6.07, 6.45) is 6.95. The molecule has 2 atom stereocenters. The van der Waals surface area contributed by atoms with E-state index in [0.29, 0.717) is 18.6 Å². The van der Waals surface area contributed by atoms with Crippen molar-refractivity contribution >= 4 is 5.97 Å². The zero-order valence-corrected chi connectivity index (χ0v) is 10.7. The molecule has 0 bridgehead atoms. The van der Waals surface area contributed by atoms with Gasteiger partial charge in [0.15, 0.2) is 0 Å². The van der Waals surface area contributed by atoms with Crippen molar-refractivity contribution < 1.29 is 14.3 Å². The number of ether oxygens (including phenoxy) is 2. The second-order valence-corrected chi connectivity index (χ2v) is 4.98. The first-order valence-corrected chi connectivity index (χ1v) is 6.73. The fourth-order valence-corrected chi connectivity index (χ4v) is 2.98. The fraction of sp³-hybridized carbons (Fsp3) is 0.923. The van der Waals surface area contributed by atoms with E-state index in [2.05, 4.69) is 9.64 Å². The van der Waals surface area contributed by atoms with Crippen molar-refractivity contribution in [1.29, 1.82) is 0 Å².